The number of likely N-dealkylation sites (tertiary alicyclic amines) is 2. The molecule has 1 atom stereocenters. The van der Waals surface area contributed by atoms with Crippen molar-refractivity contribution in [2.24, 2.45) is 5.41 Å². The molecule has 0 saturated carbocycles. The van der Waals surface area contributed by atoms with Gasteiger partial charge in [0.05, 0.1) is 46.3 Å². The molecular weight excluding hydrogens is 625 g/mol. The molecule has 11 heteroatoms. The second-order valence-corrected chi connectivity index (χ2v) is 15.4. The fraction of sp³-hybridized carbons (Fsp3) is 0.432. The molecule has 10 nitrogen and oxygen atoms in total. The molecule has 1 unspecified atom stereocenters. The zero-order valence-corrected chi connectivity index (χ0v) is 29.2. The van der Waals surface area contributed by atoms with Gasteiger partial charge < -0.3 is 14.6 Å². The van der Waals surface area contributed by atoms with Crippen LogP contribution in [0, 0.1) is 30.6 Å². The van der Waals surface area contributed by atoms with Crippen LogP contribution in [0.1, 0.15) is 77.1 Å². The van der Waals surface area contributed by atoms with E-state index in [1.54, 1.807) is 47.1 Å². The number of sulfonamides is 1. The second-order valence-electron chi connectivity index (χ2n) is 13.5. The van der Waals surface area contributed by atoms with Gasteiger partial charge in [0.1, 0.15) is 11.6 Å². The van der Waals surface area contributed by atoms with Gasteiger partial charge in [0, 0.05) is 26.7 Å². The van der Waals surface area contributed by atoms with Crippen molar-refractivity contribution < 1.29 is 17.9 Å². The number of methoxy groups -OCH3 is 1. The van der Waals surface area contributed by atoms with Crippen LogP contribution in [0.4, 0.5) is 0 Å². The predicted octanol–water partition coefficient (Wildman–Crippen LogP) is 5.96. The summed E-state index contributed by atoms with van der Waals surface area (Å²) in [4.78, 5) is 26.7. The first-order chi connectivity index (χ1) is 22.9. The van der Waals surface area contributed by atoms with Crippen LogP contribution in [0.25, 0.3) is 11.0 Å². The van der Waals surface area contributed by atoms with E-state index in [0.717, 1.165) is 45.3 Å². The largest absolute Gasteiger partial charge is 0.497 e. The Labute approximate surface area is 283 Å². The van der Waals surface area contributed by atoms with Crippen LogP contribution in [0.2, 0.25) is 0 Å². The molecule has 1 N–H and O–H groups in total. The molecule has 1 amide bonds. The SMILES string of the molecule is COc1cc(C)c(S(=O)(=O)N(C)C(C)c2nc3cccc(C(=O)N4CCC5(CCN(Cc6ccc(C#N)cc6)CC5)CC4)c3[nH]2)c(C)c1. The topological polar surface area (TPSA) is 123 Å². The van der Waals surface area contributed by atoms with Crippen molar-refractivity contribution in [3.05, 3.63) is 88.2 Å². The fourth-order valence-electron chi connectivity index (χ4n) is 7.37. The minimum Gasteiger partial charge on any atom is -0.497 e. The number of piperidine rings is 2. The molecule has 2 saturated heterocycles. The van der Waals surface area contributed by atoms with E-state index in [2.05, 4.69) is 16.0 Å². The number of para-hydroxylation sites is 1. The number of amides is 1. The van der Waals surface area contributed by atoms with E-state index in [1.165, 1.54) is 9.87 Å². The summed E-state index contributed by atoms with van der Waals surface area (Å²) in [5.74, 6) is 1.06. The Balaban J connectivity index is 1.12. The lowest BCUT2D eigenvalue weighted by molar-refractivity contribution is 0.0286. The third kappa shape index (κ3) is 6.44. The molecule has 48 heavy (non-hydrogen) atoms. The maximum absolute atomic E-state index is 13.9. The molecule has 2 aliphatic rings. The normalized spacial score (nSPS) is 17.5. The van der Waals surface area contributed by atoms with Gasteiger partial charge in [0.2, 0.25) is 10.0 Å². The summed E-state index contributed by atoms with van der Waals surface area (Å²) >= 11 is 0. The summed E-state index contributed by atoms with van der Waals surface area (Å²) in [5.41, 5.74) is 5.21. The number of ether oxygens (including phenoxy) is 1. The van der Waals surface area contributed by atoms with Crippen LogP contribution in [0.15, 0.2) is 59.5 Å². The number of carbonyl (C=O) groups excluding carboxylic acids is 1. The van der Waals surface area contributed by atoms with E-state index >= 15 is 0 Å². The van der Waals surface area contributed by atoms with Crippen molar-refractivity contribution in [3.8, 4) is 11.8 Å². The van der Waals surface area contributed by atoms with E-state index < -0.39 is 16.1 Å². The summed E-state index contributed by atoms with van der Waals surface area (Å²) in [5, 5.41) is 9.07. The number of nitrogens with one attached hydrogen (secondary N) is 1. The van der Waals surface area contributed by atoms with Crippen molar-refractivity contribution in [2.75, 3.05) is 40.3 Å². The van der Waals surface area contributed by atoms with Crippen LogP contribution < -0.4 is 4.74 Å². The quantitative estimate of drug-likeness (QED) is 0.246. The van der Waals surface area contributed by atoms with Crippen molar-refractivity contribution in [1.29, 1.82) is 5.26 Å². The number of aromatic nitrogens is 2. The summed E-state index contributed by atoms with van der Waals surface area (Å²) in [7, 11) is -0.741. The number of rotatable bonds is 8. The number of nitriles is 1. The smallest absolute Gasteiger partial charge is 0.256 e. The van der Waals surface area contributed by atoms with Crippen LogP contribution in [-0.2, 0) is 16.6 Å². The summed E-state index contributed by atoms with van der Waals surface area (Å²) in [6.45, 7) is 9.71. The lowest BCUT2D eigenvalue weighted by atomic mass is 9.71. The minimum atomic E-state index is -3.86. The van der Waals surface area contributed by atoms with E-state index in [4.69, 9.17) is 15.0 Å². The number of nitrogens with zero attached hydrogens (tertiary/aromatic N) is 5. The molecule has 252 valence electrons. The first-order valence-corrected chi connectivity index (χ1v) is 18.0. The van der Waals surface area contributed by atoms with E-state index in [-0.39, 0.29) is 16.2 Å². The molecule has 0 aliphatic carbocycles. The van der Waals surface area contributed by atoms with Crippen molar-refractivity contribution in [3.63, 3.8) is 0 Å². The van der Waals surface area contributed by atoms with Gasteiger partial charge in [-0.25, -0.2) is 13.4 Å². The number of hydrogen-bond donors (Lipinski definition) is 1. The highest BCUT2D eigenvalue weighted by Crippen LogP contribution is 2.42. The standard InChI is InChI=1S/C37H44N6O4S/c1-25-21-30(47-5)22-26(2)34(25)48(45,46)41(4)27(3)35-39-32-8-6-7-31(33(32)40-35)36(44)43-19-15-37(16-20-43)13-17-42(18-14-37)24-29-11-9-28(23-38)10-12-29/h6-12,21-22,27H,13-20,24H2,1-5H3,(H,39,40). The van der Waals surface area contributed by atoms with Gasteiger partial charge in [-0.1, -0.05) is 18.2 Å². The van der Waals surface area contributed by atoms with Crippen molar-refractivity contribution in [1.82, 2.24) is 24.1 Å². The Bertz CT molecular complexity index is 1940. The van der Waals surface area contributed by atoms with E-state index in [9.17, 15) is 13.2 Å². The van der Waals surface area contributed by atoms with Crippen LogP contribution in [-0.4, -0.2) is 78.7 Å². The molecule has 3 aromatic carbocycles. The lowest BCUT2D eigenvalue weighted by Crippen LogP contribution is -2.48. The van der Waals surface area contributed by atoms with Crippen LogP contribution in [0.3, 0.4) is 0 Å². The Morgan fingerprint density at radius 1 is 1.04 bits per heavy atom. The van der Waals surface area contributed by atoms with Gasteiger partial charge in [-0.15, -0.1) is 0 Å². The molecule has 2 aliphatic heterocycles. The number of hydrogen-bond acceptors (Lipinski definition) is 7. The predicted molar refractivity (Wildman–Crippen MR) is 185 cm³/mol. The molecule has 0 bridgehead atoms. The third-order valence-corrected chi connectivity index (χ3v) is 12.8. The fourth-order valence-corrected chi connectivity index (χ4v) is 9.10. The zero-order valence-electron chi connectivity index (χ0n) is 28.4. The van der Waals surface area contributed by atoms with Gasteiger partial charge in [-0.2, -0.15) is 9.57 Å². The molecule has 0 radical (unpaired) electrons. The van der Waals surface area contributed by atoms with Crippen molar-refractivity contribution >= 4 is 27.0 Å². The molecule has 4 aromatic rings. The van der Waals surface area contributed by atoms with E-state index in [0.29, 0.717) is 58.0 Å². The Morgan fingerprint density at radius 3 is 2.27 bits per heavy atom. The monoisotopic (exact) mass is 668 g/mol. The average molecular weight is 669 g/mol. The van der Waals surface area contributed by atoms with Gasteiger partial charge in [-0.05, 0) is 118 Å². The number of aromatic amines is 1. The highest BCUT2D eigenvalue weighted by molar-refractivity contribution is 7.89. The molecule has 2 fully saturated rings. The van der Waals surface area contributed by atoms with Crippen LogP contribution >= 0.6 is 0 Å². The summed E-state index contributed by atoms with van der Waals surface area (Å²) in [6, 6.07) is 18.4. The van der Waals surface area contributed by atoms with Gasteiger partial charge >= 0.3 is 0 Å². The number of aryl methyl sites for hydroxylation is 2. The van der Waals surface area contributed by atoms with Gasteiger partial charge in [0.25, 0.3) is 5.91 Å². The zero-order chi connectivity index (χ0) is 34.2. The first kappa shape index (κ1) is 33.7. The first-order valence-electron chi connectivity index (χ1n) is 16.6. The molecule has 1 aromatic heterocycles. The highest BCUT2D eigenvalue weighted by Gasteiger charge is 2.39. The average Bonchev–Trinajstić information content (AvgIpc) is 3.53. The number of fused-ring (bicyclic) bond motifs is 1. The van der Waals surface area contributed by atoms with Gasteiger partial charge in [0.15, 0.2) is 0 Å². The number of carbonyl (C=O) groups is 1. The lowest BCUT2D eigenvalue weighted by Gasteiger charge is -2.47. The second kappa shape index (κ2) is 13.3. The number of H-pyrrole nitrogens is 1. The molecule has 1 spiro atoms. The Kier molecular flexibility index (Phi) is 9.35. The summed E-state index contributed by atoms with van der Waals surface area (Å²) in [6.07, 6.45) is 4.21. The van der Waals surface area contributed by atoms with Gasteiger partial charge in [-0.3, -0.25) is 9.69 Å². The molecular formula is C37H44N6O4S. The minimum absolute atomic E-state index is 0.0259. The maximum Gasteiger partial charge on any atom is 0.256 e. The van der Waals surface area contributed by atoms with E-state index in [1.807, 2.05) is 47.4 Å². The molecule has 3 heterocycles. The Hall–Kier alpha value is -4.24. The third-order valence-electron chi connectivity index (χ3n) is 10.5. The van der Waals surface area contributed by atoms with Crippen molar-refractivity contribution in [2.45, 2.75) is 63.9 Å². The number of benzene rings is 3. The number of imidazole rings is 1. The summed E-state index contributed by atoms with van der Waals surface area (Å²) < 4.78 is 34.3. The Morgan fingerprint density at radius 2 is 1.67 bits per heavy atom. The molecule has 6 rings (SSSR count). The highest BCUT2D eigenvalue weighted by atomic mass is 32.2. The maximum atomic E-state index is 13.9. The van der Waals surface area contributed by atoms with Crippen LogP contribution in [0.5, 0.6) is 5.75 Å².